The summed E-state index contributed by atoms with van der Waals surface area (Å²) in [4.78, 5) is 14.0. The smallest absolute Gasteiger partial charge is 0.257 e. The van der Waals surface area contributed by atoms with Gasteiger partial charge in [0.05, 0.1) is 5.56 Å². The van der Waals surface area contributed by atoms with Gasteiger partial charge in [-0.1, -0.05) is 12.1 Å². The molecule has 92 valence electrons. The van der Waals surface area contributed by atoms with Crippen LogP contribution in [0.1, 0.15) is 23.2 Å². The van der Waals surface area contributed by atoms with Gasteiger partial charge in [0.25, 0.3) is 5.91 Å². The molecule has 0 bridgehead atoms. The minimum Gasteiger partial charge on any atom is -0.507 e. The van der Waals surface area contributed by atoms with Crippen molar-refractivity contribution in [1.29, 1.82) is 0 Å². The second kappa shape index (κ2) is 5.19. The van der Waals surface area contributed by atoms with Gasteiger partial charge in [0, 0.05) is 13.1 Å². The first-order valence-electron chi connectivity index (χ1n) is 5.99. The van der Waals surface area contributed by atoms with Crippen molar-refractivity contribution in [2.45, 2.75) is 12.8 Å². The van der Waals surface area contributed by atoms with Gasteiger partial charge >= 0.3 is 0 Å². The number of aromatic hydroxyl groups is 1. The first kappa shape index (κ1) is 11.9. The standard InChI is InChI=1S/C13H18N2O2/c14-8-10-4-3-7-15(9-10)13(17)11-5-1-2-6-12(11)16/h1-2,5-6,10,16H,3-4,7-9,14H2. The van der Waals surface area contributed by atoms with Crippen LogP contribution < -0.4 is 5.73 Å². The molecule has 1 aliphatic heterocycles. The van der Waals surface area contributed by atoms with E-state index in [4.69, 9.17) is 5.73 Å². The number of amides is 1. The molecule has 1 heterocycles. The third kappa shape index (κ3) is 2.58. The average Bonchev–Trinajstić information content (AvgIpc) is 2.38. The van der Waals surface area contributed by atoms with E-state index in [1.165, 1.54) is 6.07 Å². The highest BCUT2D eigenvalue weighted by atomic mass is 16.3. The van der Waals surface area contributed by atoms with Crippen LogP contribution in [0.3, 0.4) is 0 Å². The summed E-state index contributed by atoms with van der Waals surface area (Å²) in [5, 5.41) is 9.66. The number of hydrogen-bond donors (Lipinski definition) is 2. The van der Waals surface area contributed by atoms with E-state index in [2.05, 4.69) is 0 Å². The van der Waals surface area contributed by atoms with Crippen LogP contribution in [0.4, 0.5) is 0 Å². The summed E-state index contributed by atoms with van der Waals surface area (Å²) in [7, 11) is 0. The number of carbonyl (C=O) groups excluding carboxylic acids is 1. The van der Waals surface area contributed by atoms with Crippen LogP contribution >= 0.6 is 0 Å². The van der Waals surface area contributed by atoms with Crippen LogP contribution in [0.25, 0.3) is 0 Å². The topological polar surface area (TPSA) is 66.6 Å². The molecule has 0 spiro atoms. The summed E-state index contributed by atoms with van der Waals surface area (Å²) in [5.74, 6) is 0.340. The van der Waals surface area contributed by atoms with E-state index in [1.54, 1.807) is 23.1 Å². The fourth-order valence-electron chi connectivity index (χ4n) is 2.27. The molecule has 1 atom stereocenters. The molecule has 3 N–H and O–H groups in total. The molecule has 0 aliphatic carbocycles. The fourth-order valence-corrected chi connectivity index (χ4v) is 2.27. The largest absolute Gasteiger partial charge is 0.507 e. The molecule has 1 unspecified atom stereocenters. The quantitative estimate of drug-likeness (QED) is 0.808. The molecule has 0 aromatic heterocycles. The van der Waals surface area contributed by atoms with Crippen molar-refractivity contribution in [3.8, 4) is 5.75 Å². The minimum absolute atomic E-state index is 0.0485. The molecule has 1 saturated heterocycles. The molecule has 1 aromatic rings. The Hall–Kier alpha value is -1.55. The van der Waals surface area contributed by atoms with Crippen molar-refractivity contribution in [3.63, 3.8) is 0 Å². The minimum atomic E-state index is -0.0961. The predicted molar refractivity (Wildman–Crippen MR) is 65.8 cm³/mol. The Kier molecular flexibility index (Phi) is 3.64. The molecule has 4 nitrogen and oxygen atoms in total. The molecule has 1 aromatic carbocycles. The van der Waals surface area contributed by atoms with E-state index >= 15 is 0 Å². The predicted octanol–water partition coefficient (Wildman–Crippen LogP) is 1.20. The first-order chi connectivity index (χ1) is 8.22. The van der Waals surface area contributed by atoms with Crippen molar-refractivity contribution in [2.24, 2.45) is 11.7 Å². The lowest BCUT2D eigenvalue weighted by Crippen LogP contribution is -2.42. The zero-order valence-electron chi connectivity index (χ0n) is 9.80. The number of benzene rings is 1. The van der Waals surface area contributed by atoms with Gasteiger partial charge in [-0.2, -0.15) is 0 Å². The van der Waals surface area contributed by atoms with Crippen LogP contribution in [-0.4, -0.2) is 35.5 Å². The number of rotatable bonds is 2. The van der Waals surface area contributed by atoms with Crippen molar-refractivity contribution in [3.05, 3.63) is 29.8 Å². The molecule has 1 fully saturated rings. The molecule has 17 heavy (non-hydrogen) atoms. The summed E-state index contributed by atoms with van der Waals surface area (Å²) in [6.45, 7) is 2.07. The second-order valence-corrected chi connectivity index (χ2v) is 4.51. The van der Waals surface area contributed by atoms with Crippen LogP contribution in [0, 0.1) is 5.92 Å². The molecule has 1 amide bonds. The van der Waals surface area contributed by atoms with Gasteiger partial charge in [0.2, 0.25) is 0 Å². The van der Waals surface area contributed by atoms with E-state index in [0.29, 0.717) is 24.6 Å². The highest BCUT2D eigenvalue weighted by molar-refractivity contribution is 5.96. The number of piperidine rings is 1. The molecule has 2 rings (SSSR count). The zero-order chi connectivity index (χ0) is 12.3. The normalized spacial score (nSPS) is 20.3. The highest BCUT2D eigenvalue weighted by Gasteiger charge is 2.24. The number of nitrogens with zero attached hydrogens (tertiary/aromatic N) is 1. The first-order valence-corrected chi connectivity index (χ1v) is 5.99. The van der Waals surface area contributed by atoms with Crippen molar-refractivity contribution in [2.75, 3.05) is 19.6 Å². The second-order valence-electron chi connectivity index (χ2n) is 4.51. The van der Waals surface area contributed by atoms with Gasteiger partial charge in [-0.15, -0.1) is 0 Å². The Morgan fingerprint density at radius 3 is 2.94 bits per heavy atom. The van der Waals surface area contributed by atoms with Crippen LogP contribution in [0.15, 0.2) is 24.3 Å². The van der Waals surface area contributed by atoms with Gasteiger partial charge < -0.3 is 15.7 Å². The maximum Gasteiger partial charge on any atom is 0.257 e. The van der Waals surface area contributed by atoms with Gasteiger partial charge in [-0.25, -0.2) is 0 Å². The van der Waals surface area contributed by atoms with Gasteiger partial charge in [0.15, 0.2) is 0 Å². The molecule has 0 saturated carbocycles. The van der Waals surface area contributed by atoms with Crippen molar-refractivity contribution in [1.82, 2.24) is 4.90 Å². The van der Waals surface area contributed by atoms with E-state index in [-0.39, 0.29) is 11.7 Å². The maximum atomic E-state index is 12.2. The molecular weight excluding hydrogens is 216 g/mol. The lowest BCUT2D eigenvalue weighted by atomic mass is 9.97. The lowest BCUT2D eigenvalue weighted by Gasteiger charge is -2.32. The zero-order valence-corrected chi connectivity index (χ0v) is 9.80. The number of phenols is 1. The number of carbonyl (C=O) groups is 1. The monoisotopic (exact) mass is 234 g/mol. The third-order valence-electron chi connectivity index (χ3n) is 3.27. The SMILES string of the molecule is NCC1CCCN(C(=O)c2ccccc2O)C1. The Labute approximate surface area is 101 Å². The van der Waals surface area contributed by atoms with Crippen LogP contribution in [0.5, 0.6) is 5.75 Å². The maximum absolute atomic E-state index is 12.2. The van der Waals surface area contributed by atoms with E-state index < -0.39 is 0 Å². The summed E-state index contributed by atoms with van der Waals surface area (Å²) < 4.78 is 0. The summed E-state index contributed by atoms with van der Waals surface area (Å²) in [6, 6.07) is 6.67. The highest BCUT2D eigenvalue weighted by Crippen LogP contribution is 2.22. The van der Waals surface area contributed by atoms with E-state index in [0.717, 1.165) is 19.4 Å². The van der Waals surface area contributed by atoms with E-state index in [1.807, 2.05) is 0 Å². The number of phenolic OH excluding ortho intramolecular Hbond substituents is 1. The van der Waals surface area contributed by atoms with Gasteiger partial charge in [-0.05, 0) is 37.4 Å². The number of hydrogen-bond acceptors (Lipinski definition) is 3. The summed E-state index contributed by atoms with van der Waals surface area (Å²) in [6.07, 6.45) is 2.07. The molecular formula is C13H18N2O2. The molecule has 0 radical (unpaired) electrons. The van der Waals surface area contributed by atoms with Crippen LogP contribution in [0.2, 0.25) is 0 Å². The fraction of sp³-hybridized carbons (Fsp3) is 0.462. The summed E-state index contributed by atoms with van der Waals surface area (Å²) >= 11 is 0. The Balaban J connectivity index is 2.12. The number of likely N-dealkylation sites (tertiary alicyclic amines) is 1. The van der Waals surface area contributed by atoms with Gasteiger partial charge in [-0.3, -0.25) is 4.79 Å². The van der Waals surface area contributed by atoms with Crippen LogP contribution in [-0.2, 0) is 0 Å². The Morgan fingerprint density at radius 1 is 1.47 bits per heavy atom. The lowest BCUT2D eigenvalue weighted by molar-refractivity contribution is 0.0675. The van der Waals surface area contributed by atoms with E-state index in [9.17, 15) is 9.90 Å². The number of para-hydroxylation sites is 1. The molecule has 1 aliphatic rings. The van der Waals surface area contributed by atoms with Crippen molar-refractivity contribution < 1.29 is 9.90 Å². The third-order valence-corrected chi connectivity index (χ3v) is 3.27. The number of nitrogens with two attached hydrogens (primary N) is 1. The average molecular weight is 234 g/mol. The summed E-state index contributed by atoms with van der Waals surface area (Å²) in [5.41, 5.74) is 6.03. The van der Waals surface area contributed by atoms with Crippen molar-refractivity contribution >= 4 is 5.91 Å². The molecule has 4 heteroatoms. The Bertz CT molecular complexity index is 406. The van der Waals surface area contributed by atoms with Gasteiger partial charge in [0.1, 0.15) is 5.75 Å². The Morgan fingerprint density at radius 2 is 2.24 bits per heavy atom.